The Balaban J connectivity index is 1.60. The van der Waals surface area contributed by atoms with Crippen LogP contribution in [0.15, 0.2) is 24.5 Å². The van der Waals surface area contributed by atoms with Gasteiger partial charge in [-0.1, -0.05) is 18.5 Å². The Hall–Kier alpha value is -2.08. The molecule has 0 spiro atoms. The number of piperidine rings is 1. The summed E-state index contributed by atoms with van der Waals surface area (Å²) in [5.74, 6) is 0.0128. The number of hydrogen-bond donors (Lipinski definition) is 0. The molecule has 3 aliphatic heterocycles. The Kier molecular flexibility index (Phi) is 4.15. The number of aromatic nitrogens is 2. The van der Waals surface area contributed by atoms with Gasteiger partial charge in [-0.2, -0.15) is 0 Å². The molecule has 2 aromatic heterocycles. The van der Waals surface area contributed by atoms with E-state index in [-0.39, 0.29) is 23.8 Å². The van der Waals surface area contributed by atoms with Crippen LogP contribution < -0.4 is 0 Å². The third-order valence-electron chi connectivity index (χ3n) is 5.18. The van der Waals surface area contributed by atoms with Gasteiger partial charge in [0.2, 0.25) is 5.91 Å². The minimum Gasteiger partial charge on any atom is -0.338 e. The van der Waals surface area contributed by atoms with Crippen LogP contribution in [0, 0.1) is 5.92 Å². The Morgan fingerprint density at radius 3 is 2.92 bits per heavy atom. The predicted molar refractivity (Wildman–Crippen MR) is 94.6 cm³/mol. The monoisotopic (exact) mass is 360 g/mol. The van der Waals surface area contributed by atoms with Crippen molar-refractivity contribution in [2.24, 2.45) is 5.92 Å². The third-order valence-corrected chi connectivity index (χ3v) is 5.40. The van der Waals surface area contributed by atoms with Crippen LogP contribution in [-0.2, 0) is 4.79 Å². The molecule has 3 saturated heterocycles. The number of nitrogens with zero attached hydrogens (tertiary/aromatic N) is 4. The summed E-state index contributed by atoms with van der Waals surface area (Å²) in [6, 6.07) is 3.67. The van der Waals surface area contributed by atoms with Crippen LogP contribution in [0.1, 0.15) is 36.7 Å². The standard InChI is InChI=1S/C18H21ClN4O2/c1-2-7-23-14-5-3-12(17(23)24)8-22(10-14)18(25)15-11-21-9-13(19)4-6-16(21)20-15/h4,6,9,11-12,14H,2-3,5,7-8,10H2,1H3/t12-,14+/m1/s1. The number of carbonyl (C=O) groups excluding carboxylic acids is 2. The number of hydrogen-bond acceptors (Lipinski definition) is 3. The lowest BCUT2D eigenvalue weighted by Gasteiger charge is -2.35. The normalized spacial score (nSPS) is 23.4. The van der Waals surface area contributed by atoms with Crippen molar-refractivity contribution in [2.45, 2.75) is 32.2 Å². The summed E-state index contributed by atoms with van der Waals surface area (Å²) >= 11 is 6.00. The maximum absolute atomic E-state index is 13.0. The van der Waals surface area contributed by atoms with Crippen LogP contribution in [0.5, 0.6) is 0 Å². The van der Waals surface area contributed by atoms with Gasteiger partial charge in [0.25, 0.3) is 5.91 Å². The zero-order valence-electron chi connectivity index (χ0n) is 14.2. The van der Waals surface area contributed by atoms with E-state index < -0.39 is 0 Å². The molecule has 3 aliphatic rings. The van der Waals surface area contributed by atoms with Crippen LogP contribution in [0.25, 0.3) is 5.65 Å². The quantitative estimate of drug-likeness (QED) is 0.844. The van der Waals surface area contributed by atoms with Gasteiger partial charge in [0.15, 0.2) is 0 Å². The van der Waals surface area contributed by atoms with Crippen molar-refractivity contribution >= 4 is 29.1 Å². The van der Waals surface area contributed by atoms with Crippen LogP contribution in [0.2, 0.25) is 5.02 Å². The molecule has 0 N–H and O–H groups in total. The van der Waals surface area contributed by atoms with E-state index in [0.717, 1.165) is 25.8 Å². The Bertz CT molecular complexity index is 834. The van der Waals surface area contributed by atoms with Gasteiger partial charge in [-0.25, -0.2) is 4.98 Å². The van der Waals surface area contributed by atoms with Crippen molar-refractivity contribution in [1.82, 2.24) is 19.2 Å². The Labute approximate surface area is 151 Å². The van der Waals surface area contributed by atoms with E-state index in [1.54, 1.807) is 33.8 Å². The lowest BCUT2D eigenvalue weighted by Crippen LogP contribution is -2.48. The highest BCUT2D eigenvalue weighted by molar-refractivity contribution is 6.30. The van der Waals surface area contributed by atoms with Gasteiger partial charge in [-0.3, -0.25) is 9.59 Å². The van der Waals surface area contributed by atoms with Gasteiger partial charge in [0.05, 0.1) is 10.9 Å². The van der Waals surface area contributed by atoms with E-state index in [1.807, 2.05) is 4.90 Å². The highest BCUT2D eigenvalue weighted by Crippen LogP contribution is 2.30. The average Bonchev–Trinajstić information content (AvgIpc) is 2.82. The molecule has 2 atom stereocenters. The predicted octanol–water partition coefficient (Wildman–Crippen LogP) is 2.46. The lowest BCUT2D eigenvalue weighted by atomic mass is 9.94. The topological polar surface area (TPSA) is 57.9 Å². The third kappa shape index (κ3) is 2.88. The van der Waals surface area contributed by atoms with Crippen molar-refractivity contribution in [3.63, 3.8) is 0 Å². The minimum absolute atomic E-state index is 0.0827. The number of pyridine rings is 1. The molecular formula is C18H21ClN4O2. The van der Waals surface area contributed by atoms with Crippen molar-refractivity contribution in [1.29, 1.82) is 0 Å². The Morgan fingerprint density at radius 2 is 2.12 bits per heavy atom. The van der Waals surface area contributed by atoms with Gasteiger partial charge in [0.1, 0.15) is 11.3 Å². The summed E-state index contributed by atoms with van der Waals surface area (Å²) in [7, 11) is 0. The first-order valence-corrected chi connectivity index (χ1v) is 9.18. The maximum atomic E-state index is 13.0. The summed E-state index contributed by atoms with van der Waals surface area (Å²) in [5.41, 5.74) is 1.09. The molecule has 2 aromatic rings. The summed E-state index contributed by atoms with van der Waals surface area (Å²) < 4.78 is 1.76. The number of halogens is 1. The molecule has 0 saturated carbocycles. The molecule has 6 nitrogen and oxygen atoms in total. The van der Waals surface area contributed by atoms with Crippen molar-refractivity contribution in [3.8, 4) is 0 Å². The van der Waals surface area contributed by atoms with Gasteiger partial charge >= 0.3 is 0 Å². The number of carbonyl (C=O) groups is 2. The van der Waals surface area contributed by atoms with Crippen molar-refractivity contribution in [2.75, 3.05) is 19.6 Å². The average molecular weight is 361 g/mol. The second kappa shape index (κ2) is 6.33. The molecule has 0 radical (unpaired) electrons. The summed E-state index contributed by atoms with van der Waals surface area (Å²) in [6.45, 7) is 3.93. The highest BCUT2D eigenvalue weighted by Gasteiger charge is 2.41. The molecule has 5 heterocycles. The number of imidazole rings is 1. The van der Waals surface area contributed by atoms with Crippen LogP contribution in [0.3, 0.4) is 0 Å². The zero-order valence-corrected chi connectivity index (χ0v) is 14.9. The molecule has 132 valence electrons. The molecule has 5 rings (SSSR count). The van der Waals surface area contributed by atoms with Gasteiger partial charge in [0, 0.05) is 38.1 Å². The fraction of sp³-hybridized carbons (Fsp3) is 0.500. The van der Waals surface area contributed by atoms with Crippen LogP contribution in [-0.4, -0.2) is 56.7 Å². The van der Waals surface area contributed by atoms with E-state index in [9.17, 15) is 9.59 Å². The SMILES string of the molecule is CCCN1C(=O)[C@@H]2CC[C@H]1CN(C(=O)c1cn3cc(Cl)ccc3n1)C2. The second-order valence-electron chi connectivity index (χ2n) is 6.91. The molecular weight excluding hydrogens is 340 g/mol. The molecule has 0 aliphatic carbocycles. The zero-order chi connectivity index (χ0) is 17.6. The van der Waals surface area contributed by atoms with E-state index in [4.69, 9.17) is 11.6 Å². The first-order valence-electron chi connectivity index (χ1n) is 8.81. The maximum Gasteiger partial charge on any atom is 0.274 e. The van der Waals surface area contributed by atoms with Gasteiger partial charge in [-0.05, 0) is 31.4 Å². The van der Waals surface area contributed by atoms with E-state index >= 15 is 0 Å². The molecule has 7 heteroatoms. The number of fused-ring (bicyclic) bond motifs is 5. The minimum atomic E-state index is -0.108. The summed E-state index contributed by atoms with van der Waals surface area (Å²) in [5, 5.41) is 0.595. The molecule has 2 amide bonds. The number of rotatable bonds is 3. The highest BCUT2D eigenvalue weighted by atomic mass is 35.5. The van der Waals surface area contributed by atoms with E-state index in [0.29, 0.717) is 29.5 Å². The van der Waals surface area contributed by atoms with Crippen LogP contribution >= 0.6 is 11.6 Å². The lowest BCUT2D eigenvalue weighted by molar-refractivity contribution is -0.139. The summed E-state index contributed by atoms with van der Waals surface area (Å²) in [4.78, 5) is 33.8. The fourth-order valence-electron chi connectivity index (χ4n) is 3.97. The van der Waals surface area contributed by atoms with E-state index in [2.05, 4.69) is 11.9 Å². The van der Waals surface area contributed by atoms with Crippen molar-refractivity contribution < 1.29 is 9.59 Å². The molecule has 0 aromatic carbocycles. The Morgan fingerprint density at radius 1 is 1.28 bits per heavy atom. The van der Waals surface area contributed by atoms with Crippen LogP contribution in [0.4, 0.5) is 0 Å². The first-order chi connectivity index (χ1) is 12.1. The molecule has 0 unspecified atom stereocenters. The molecule has 2 bridgehead atoms. The van der Waals surface area contributed by atoms with E-state index in [1.165, 1.54) is 0 Å². The molecule has 25 heavy (non-hydrogen) atoms. The fourth-order valence-corrected chi connectivity index (χ4v) is 4.14. The molecule has 3 fully saturated rings. The largest absolute Gasteiger partial charge is 0.338 e. The van der Waals surface area contributed by atoms with Crippen molar-refractivity contribution in [3.05, 3.63) is 35.2 Å². The van der Waals surface area contributed by atoms with Gasteiger partial charge in [-0.15, -0.1) is 0 Å². The summed E-state index contributed by atoms with van der Waals surface area (Å²) in [6.07, 6.45) is 6.23. The first kappa shape index (κ1) is 16.4. The smallest absolute Gasteiger partial charge is 0.274 e. The number of amides is 2. The van der Waals surface area contributed by atoms with Gasteiger partial charge < -0.3 is 14.2 Å². The second-order valence-corrected chi connectivity index (χ2v) is 7.35.